The molecule has 28 heavy (non-hydrogen) atoms. The summed E-state index contributed by atoms with van der Waals surface area (Å²) < 4.78 is 0.365. The molecule has 3 aliphatic rings. The predicted octanol–water partition coefficient (Wildman–Crippen LogP) is 4.31. The van der Waals surface area contributed by atoms with E-state index >= 15 is 0 Å². The molecule has 4 nitrogen and oxygen atoms in total. The molecule has 1 saturated carbocycles. The van der Waals surface area contributed by atoms with Crippen LogP contribution in [0, 0.1) is 5.92 Å². The first-order valence-electron chi connectivity index (χ1n) is 10.7. The van der Waals surface area contributed by atoms with Crippen LogP contribution in [0.25, 0.3) is 0 Å². The average molecular weight is 515 g/mol. The van der Waals surface area contributed by atoms with Gasteiger partial charge in [-0.2, -0.15) is 0 Å². The molecule has 4 rings (SSSR count). The minimum atomic E-state index is 0. The van der Waals surface area contributed by atoms with Crippen LogP contribution in [0.3, 0.4) is 0 Å². The van der Waals surface area contributed by atoms with E-state index in [1.165, 1.54) is 63.1 Å². The Bertz CT molecular complexity index is 629. The number of halogens is 1. The monoisotopic (exact) mass is 514 g/mol. The summed E-state index contributed by atoms with van der Waals surface area (Å²) in [6, 6.07) is 10.8. The third-order valence-electron chi connectivity index (χ3n) is 6.22. The van der Waals surface area contributed by atoms with E-state index in [2.05, 4.69) is 50.4 Å². The van der Waals surface area contributed by atoms with Gasteiger partial charge in [-0.3, -0.25) is 4.99 Å². The summed E-state index contributed by atoms with van der Waals surface area (Å²) in [5, 5.41) is 3.70. The van der Waals surface area contributed by atoms with E-state index in [9.17, 15) is 0 Å². The molecule has 2 heterocycles. The molecule has 1 unspecified atom stereocenters. The molecule has 2 saturated heterocycles. The topological polar surface area (TPSA) is 30.9 Å². The van der Waals surface area contributed by atoms with E-state index in [0.717, 1.165) is 31.5 Å². The molecule has 1 aliphatic carbocycles. The van der Waals surface area contributed by atoms with Gasteiger partial charge in [-0.15, -0.1) is 35.7 Å². The lowest BCUT2D eigenvalue weighted by Gasteiger charge is -2.29. The van der Waals surface area contributed by atoms with Crippen molar-refractivity contribution >= 4 is 41.7 Å². The number of hydrogen-bond donors (Lipinski definition) is 1. The summed E-state index contributed by atoms with van der Waals surface area (Å²) in [4.78, 5) is 11.1. The Hall–Kier alpha value is -0.470. The zero-order chi connectivity index (χ0) is 18.5. The van der Waals surface area contributed by atoms with Crippen LogP contribution in [0.15, 0.2) is 40.2 Å². The molecule has 2 aliphatic heterocycles. The Balaban J connectivity index is 0.00000225. The lowest BCUT2D eigenvalue weighted by molar-refractivity contribution is 0.198. The highest BCUT2D eigenvalue weighted by atomic mass is 127. The molecule has 0 bridgehead atoms. The minimum Gasteiger partial charge on any atom is -0.355 e. The third kappa shape index (κ3) is 6.02. The molecule has 1 atom stereocenters. The Kier molecular flexibility index (Phi) is 8.35. The van der Waals surface area contributed by atoms with E-state index in [0.29, 0.717) is 4.75 Å². The third-order valence-corrected chi connectivity index (χ3v) is 7.71. The average Bonchev–Trinajstić information content (AvgIpc) is 3.31. The molecular formula is C22H35IN4S. The van der Waals surface area contributed by atoms with Crippen molar-refractivity contribution in [3.63, 3.8) is 0 Å². The standard InChI is InChI=1S/C22H34N4S.HI/c1-23-21(24-18-22(11-12-22)27-20-8-4-2-5-9-20)26-15-10-19(17-26)16-25-13-6-3-7-14-25;/h2,4-5,8-9,19H,3,6-7,10-18H2,1H3,(H,23,24);1H. The maximum absolute atomic E-state index is 4.60. The number of hydrogen-bond acceptors (Lipinski definition) is 3. The van der Waals surface area contributed by atoms with Gasteiger partial charge in [0.2, 0.25) is 0 Å². The van der Waals surface area contributed by atoms with Crippen LogP contribution in [0.1, 0.15) is 38.5 Å². The van der Waals surface area contributed by atoms with E-state index in [4.69, 9.17) is 0 Å². The van der Waals surface area contributed by atoms with Crippen LogP contribution in [0.2, 0.25) is 0 Å². The van der Waals surface area contributed by atoms with Crippen molar-refractivity contribution in [3.05, 3.63) is 30.3 Å². The highest BCUT2D eigenvalue weighted by Gasteiger charge is 2.44. The fourth-order valence-electron chi connectivity index (χ4n) is 4.45. The highest BCUT2D eigenvalue weighted by Crippen LogP contribution is 2.51. The number of likely N-dealkylation sites (tertiary alicyclic amines) is 2. The van der Waals surface area contributed by atoms with Gasteiger partial charge in [0.1, 0.15) is 0 Å². The molecule has 3 fully saturated rings. The molecule has 1 aromatic carbocycles. The predicted molar refractivity (Wildman–Crippen MR) is 131 cm³/mol. The van der Waals surface area contributed by atoms with Gasteiger partial charge in [0.15, 0.2) is 5.96 Å². The van der Waals surface area contributed by atoms with Gasteiger partial charge in [0, 0.05) is 42.9 Å². The molecule has 0 aromatic heterocycles. The van der Waals surface area contributed by atoms with E-state index < -0.39 is 0 Å². The van der Waals surface area contributed by atoms with Gasteiger partial charge in [-0.05, 0) is 63.2 Å². The zero-order valence-corrected chi connectivity index (χ0v) is 20.3. The van der Waals surface area contributed by atoms with E-state index in [-0.39, 0.29) is 24.0 Å². The number of guanidine groups is 1. The van der Waals surface area contributed by atoms with Crippen LogP contribution in [0.4, 0.5) is 0 Å². The Morgan fingerprint density at radius 3 is 2.57 bits per heavy atom. The van der Waals surface area contributed by atoms with Crippen molar-refractivity contribution in [2.24, 2.45) is 10.9 Å². The first-order valence-corrected chi connectivity index (χ1v) is 11.5. The van der Waals surface area contributed by atoms with Crippen molar-refractivity contribution < 1.29 is 0 Å². The zero-order valence-electron chi connectivity index (χ0n) is 17.1. The first kappa shape index (κ1) is 22.2. The molecule has 6 heteroatoms. The van der Waals surface area contributed by atoms with E-state index in [1.807, 2.05) is 18.8 Å². The van der Waals surface area contributed by atoms with Crippen LogP contribution in [-0.2, 0) is 0 Å². The van der Waals surface area contributed by atoms with Crippen LogP contribution in [-0.4, -0.2) is 66.8 Å². The Morgan fingerprint density at radius 2 is 1.89 bits per heavy atom. The Labute approximate surface area is 191 Å². The summed E-state index contributed by atoms with van der Waals surface area (Å²) >= 11 is 2.03. The number of nitrogens with one attached hydrogen (secondary N) is 1. The molecule has 1 N–H and O–H groups in total. The summed E-state index contributed by atoms with van der Waals surface area (Å²) in [5.74, 6) is 1.91. The van der Waals surface area contributed by atoms with Gasteiger partial charge in [0.25, 0.3) is 0 Å². The van der Waals surface area contributed by atoms with E-state index in [1.54, 1.807) is 0 Å². The molecule has 1 aromatic rings. The van der Waals surface area contributed by atoms with Crippen LogP contribution < -0.4 is 5.32 Å². The van der Waals surface area contributed by atoms with Gasteiger partial charge < -0.3 is 15.1 Å². The molecule has 0 radical (unpaired) electrons. The number of nitrogens with zero attached hydrogens (tertiary/aromatic N) is 3. The first-order chi connectivity index (χ1) is 13.3. The fraction of sp³-hybridized carbons (Fsp3) is 0.682. The maximum Gasteiger partial charge on any atom is 0.193 e. The molecule has 0 spiro atoms. The molecule has 156 valence electrons. The summed E-state index contributed by atoms with van der Waals surface area (Å²) in [7, 11) is 1.93. The van der Waals surface area contributed by atoms with Crippen molar-refractivity contribution in [3.8, 4) is 0 Å². The van der Waals surface area contributed by atoms with Crippen molar-refractivity contribution in [2.45, 2.75) is 48.2 Å². The van der Waals surface area contributed by atoms with Crippen LogP contribution >= 0.6 is 35.7 Å². The normalized spacial score (nSPS) is 24.7. The largest absolute Gasteiger partial charge is 0.355 e. The van der Waals surface area contributed by atoms with Crippen molar-refractivity contribution in [2.75, 3.05) is 46.3 Å². The van der Waals surface area contributed by atoms with Gasteiger partial charge >= 0.3 is 0 Å². The van der Waals surface area contributed by atoms with Crippen molar-refractivity contribution in [1.82, 2.24) is 15.1 Å². The van der Waals surface area contributed by atoms with Gasteiger partial charge in [-0.1, -0.05) is 24.6 Å². The highest BCUT2D eigenvalue weighted by molar-refractivity contribution is 14.0. The fourth-order valence-corrected chi connectivity index (χ4v) is 5.69. The maximum atomic E-state index is 4.60. The summed E-state index contributed by atoms with van der Waals surface area (Å²) in [5.41, 5.74) is 0. The number of piperidine rings is 1. The minimum absolute atomic E-state index is 0. The number of benzene rings is 1. The molecular weight excluding hydrogens is 479 g/mol. The second-order valence-corrected chi connectivity index (χ2v) is 10.0. The quantitative estimate of drug-likeness (QED) is 0.348. The smallest absolute Gasteiger partial charge is 0.193 e. The van der Waals surface area contributed by atoms with Crippen molar-refractivity contribution in [1.29, 1.82) is 0 Å². The number of rotatable bonds is 6. The number of thioether (sulfide) groups is 1. The lowest BCUT2D eigenvalue weighted by Crippen LogP contribution is -2.43. The summed E-state index contributed by atoms with van der Waals surface area (Å²) in [6.07, 6.45) is 8.11. The summed E-state index contributed by atoms with van der Waals surface area (Å²) in [6.45, 7) is 7.23. The SMILES string of the molecule is CN=C(NCC1(Sc2ccccc2)CC1)N1CCC(CN2CCCCC2)C1.I. The van der Waals surface area contributed by atoms with Gasteiger partial charge in [0.05, 0.1) is 0 Å². The molecule has 0 amide bonds. The Morgan fingerprint density at radius 1 is 1.14 bits per heavy atom. The second-order valence-electron chi connectivity index (χ2n) is 8.46. The van der Waals surface area contributed by atoms with Crippen LogP contribution in [0.5, 0.6) is 0 Å². The second kappa shape index (κ2) is 10.5. The van der Waals surface area contributed by atoms with Gasteiger partial charge in [-0.25, -0.2) is 0 Å². The number of aliphatic imine (C=N–C) groups is 1. The lowest BCUT2D eigenvalue weighted by atomic mass is 10.1.